The Morgan fingerprint density at radius 3 is 2.90 bits per heavy atom. The van der Waals surface area contributed by atoms with Crippen molar-refractivity contribution >= 4 is 11.9 Å². The van der Waals surface area contributed by atoms with Gasteiger partial charge in [-0.1, -0.05) is 0 Å². The second kappa shape index (κ2) is 5.83. The highest BCUT2D eigenvalue weighted by Gasteiger charge is 2.39. The van der Waals surface area contributed by atoms with Crippen molar-refractivity contribution in [1.82, 2.24) is 14.5 Å². The van der Waals surface area contributed by atoms with Crippen LogP contribution < -0.4 is 5.69 Å². The maximum atomic E-state index is 12.2. The molecule has 2 rings (SSSR count). The molecule has 1 N–H and O–H groups in total. The van der Waals surface area contributed by atoms with Gasteiger partial charge in [0.1, 0.15) is 12.6 Å². The lowest BCUT2D eigenvalue weighted by atomic mass is 10.2. The molecule has 1 aliphatic rings. The number of methoxy groups -OCH3 is 1. The lowest BCUT2D eigenvalue weighted by molar-refractivity contribution is -0.148. The van der Waals surface area contributed by atoms with Gasteiger partial charge in [0, 0.05) is 32.5 Å². The lowest BCUT2D eigenvalue weighted by Crippen LogP contribution is -2.43. The number of nitrogens with zero attached hydrogens (tertiary/aromatic N) is 3. The van der Waals surface area contributed by atoms with E-state index in [0.29, 0.717) is 0 Å². The topological polar surface area (TPSA) is 102 Å². The van der Waals surface area contributed by atoms with Crippen LogP contribution in [0.2, 0.25) is 0 Å². The first-order valence-electron chi connectivity index (χ1n) is 6.09. The molecule has 20 heavy (non-hydrogen) atoms. The van der Waals surface area contributed by atoms with E-state index in [4.69, 9.17) is 9.84 Å². The van der Waals surface area contributed by atoms with Crippen molar-refractivity contribution in [3.05, 3.63) is 28.9 Å². The van der Waals surface area contributed by atoms with E-state index in [0.717, 1.165) is 4.57 Å². The Labute approximate surface area is 114 Å². The molecule has 0 saturated carbocycles. The molecule has 2 heterocycles. The van der Waals surface area contributed by atoms with Crippen LogP contribution >= 0.6 is 0 Å². The third kappa shape index (κ3) is 2.85. The first kappa shape index (κ1) is 14.2. The largest absolute Gasteiger partial charge is 0.480 e. The summed E-state index contributed by atoms with van der Waals surface area (Å²) in [4.78, 5) is 39.5. The Hall–Kier alpha value is -2.22. The molecule has 2 unspecified atom stereocenters. The summed E-state index contributed by atoms with van der Waals surface area (Å²) in [6, 6.07) is 0.616. The molecule has 1 aromatic rings. The fraction of sp³-hybridized carbons (Fsp3) is 0.500. The van der Waals surface area contributed by atoms with E-state index in [9.17, 15) is 14.4 Å². The summed E-state index contributed by atoms with van der Waals surface area (Å²) >= 11 is 0. The van der Waals surface area contributed by atoms with Crippen LogP contribution in [0, 0.1) is 0 Å². The van der Waals surface area contributed by atoms with E-state index in [2.05, 4.69) is 4.98 Å². The van der Waals surface area contributed by atoms with Gasteiger partial charge in [0.2, 0.25) is 5.91 Å². The zero-order valence-corrected chi connectivity index (χ0v) is 10.9. The van der Waals surface area contributed by atoms with E-state index >= 15 is 0 Å². The quantitative estimate of drug-likeness (QED) is 0.755. The predicted octanol–water partition coefficient (Wildman–Crippen LogP) is -1.06. The van der Waals surface area contributed by atoms with Gasteiger partial charge in [-0.2, -0.15) is 0 Å². The first-order chi connectivity index (χ1) is 9.52. The van der Waals surface area contributed by atoms with E-state index in [1.165, 1.54) is 30.5 Å². The number of carboxylic acid groups (broad SMARTS) is 1. The molecule has 0 bridgehead atoms. The van der Waals surface area contributed by atoms with Crippen molar-refractivity contribution in [2.75, 3.05) is 13.7 Å². The third-order valence-electron chi connectivity index (χ3n) is 3.29. The number of hydrogen-bond acceptors (Lipinski definition) is 5. The Morgan fingerprint density at radius 1 is 1.55 bits per heavy atom. The minimum atomic E-state index is -1.07. The number of aromatic nitrogens is 2. The summed E-state index contributed by atoms with van der Waals surface area (Å²) < 4.78 is 6.25. The minimum Gasteiger partial charge on any atom is -0.480 e. The average Bonchev–Trinajstić information content (AvgIpc) is 2.86. The maximum absolute atomic E-state index is 12.2. The van der Waals surface area contributed by atoms with Gasteiger partial charge in [-0.05, 0) is 6.07 Å². The number of rotatable bonds is 4. The molecule has 8 heteroatoms. The van der Waals surface area contributed by atoms with Gasteiger partial charge >= 0.3 is 11.7 Å². The molecule has 108 valence electrons. The van der Waals surface area contributed by atoms with Crippen LogP contribution in [-0.2, 0) is 20.9 Å². The van der Waals surface area contributed by atoms with Crippen molar-refractivity contribution < 1.29 is 19.4 Å². The second-order valence-corrected chi connectivity index (χ2v) is 4.52. The standard InChI is InChI=1S/C12H15N3O5/c1-20-8-5-9(11(17)18)15(6-8)10(16)7-14-4-2-3-13-12(14)19/h2-4,8-9H,5-7H2,1H3,(H,17,18). The van der Waals surface area contributed by atoms with Crippen LogP contribution in [0.25, 0.3) is 0 Å². The number of carbonyl (C=O) groups is 2. The summed E-state index contributed by atoms with van der Waals surface area (Å²) in [5, 5.41) is 9.14. The molecule has 0 aromatic carbocycles. The van der Waals surface area contributed by atoms with E-state index in [1.54, 1.807) is 0 Å². The number of carbonyl (C=O) groups excluding carboxylic acids is 1. The van der Waals surface area contributed by atoms with Crippen molar-refractivity contribution in [1.29, 1.82) is 0 Å². The summed E-state index contributed by atoms with van der Waals surface area (Å²) in [7, 11) is 1.48. The third-order valence-corrected chi connectivity index (χ3v) is 3.29. The molecule has 2 atom stereocenters. The number of likely N-dealkylation sites (tertiary alicyclic amines) is 1. The normalized spacial score (nSPS) is 21.9. The molecule has 0 radical (unpaired) electrons. The van der Waals surface area contributed by atoms with Gasteiger partial charge in [-0.3, -0.25) is 9.36 Å². The van der Waals surface area contributed by atoms with Gasteiger partial charge in [0.05, 0.1) is 6.10 Å². The predicted molar refractivity (Wildman–Crippen MR) is 67.0 cm³/mol. The molecule has 1 amide bonds. The van der Waals surface area contributed by atoms with Crippen LogP contribution in [0.15, 0.2) is 23.3 Å². The number of carboxylic acids is 1. The average molecular weight is 281 g/mol. The monoisotopic (exact) mass is 281 g/mol. The van der Waals surface area contributed by atoms with Crippen LogP contribution in [0.4, 0.5) is 0 Å². The summed E-state index contributed by atoms with van der Waals surface area (Å²) in [6.45, 7) is -0.0196. The van der Waals surface area contributed by atoms with Crippen LogP contribution in [0.3, 0.4) is 0 Å². The van der Waals surface area contributed by atoms with Crippen molar-refractivity contribution in [2.45, 2.75) is 25.1 Å². The van der Waals surface area contributed by atoms with Crippen molar-refractivity contribution in [3.63, 3.8) is 0 Å². The molecule has 1 fully saturated rings. The molecule has 0 aliphatic carbocycles. The zero-order valence-electron chi connectivity index (χ0n) is 10.9. The van der Waals surface area contributed by atoms with E-state index in [1.807, 2.05) is 0 Å². The number of hydrogen-bond donors (Lipinski definition) is 1. The second-order valence-electron chi connectivity index (χ2n) is 4.52. The summed E-state index contributed by atoms with van der Waals surface area (Å²) in [5.41, 5.74) is -0.546. The minimum absolute atomic E-state index is 0.210. The highest BCUT2D eigenvalue weighted by atomic mass is 16.5. The molecule has 1 saturated heterocycles. The SMILES string of the molecule is COC1CC(C(=O)O)N(C(=O)Cn2cccnc2=O)C1. The molecular formula is C12H15N3O5. The Bertz CT molecular complexity index is 570. The molecule has 8 nitrogen and oxygen atoms in total. The Kier molecular flexibility index (Phi) is 4.14. The van der Waals surface area contributed by atoms with Crippen LogP contribution in [0.1, 0.15) is 6.42 Å². The number of amides is 1. The molecule has 1 aromatic heterocycles. The van der Waals surface area contributed by atoms with E-state index < -0.39 is 23.6 Å². The van der Waals surface area contributed by atoms with Crippen LogP contribution in [-0.4, -0.2) is 57.2 Å². The van der Waals surface area contributed by atoms with Gasteiger partial charge in [0.15, 0.2) is 0 Å². The van der Waals surface area contributed by atoms with Gasteiger partial charge in [-0.15, -0.1) is 0 Å². The van der Waals surface area contributed by atoms with Gasteiger partial charge in [-0.25, -0.2) is 14.6 Å². The van der Waals surface area contributed by atoms with Gasteiger partial charge in [0.25, 0.3) is 0 Å². The number of ether oxygens (including phenoxy) is 1. The highest BCUT2D eigenvalue weighted by Crippen LogP contribution is 2.20. The summed E-state index contributed by atoms with van der Waals surface area (Å²) in [5.74, 6) is -1.51. The molecule has 0 spiro atoms. The number of aliphatic carboxylic acids is 1. The van der Waals surface area contributed by atoms with Gasteiger partial charge < -0.3 is 14.7 Å². The Balaban J connectivity index is 2.13. The highest BCUT2D eigenvalue weighted by molar-refractivity contribution is 5.84. The van der Waals surface area contributed by atoms with Crippen LogP contribution in [0.5, 0.6) is 0 Å². The fourth-order valence-electron chi connectivity index (χ4n) is 2.22. The van der Waals surface area contributed by atoms with Crippen molar-refractivity contribution in [3.8, 4) is 0 Å². The smallest absolute Gasteiger partial charge is 0.347 e. The summed E-state index contributed by atoms with van der Waals surface area (Å²) in [6.07, 6.45) is 2.72. The van der Waals surface area contributed by atoms with E-state index in [-0.39, 0.29) is 25.6 Å². The molecule has 1 aliphatic heterocycles. The molecular weight excluding hydrogens is 266 g/mol. The van der Waals surface area contributed by atoms with Crippen molar-refractivity contribution in [2.24, 2.45) is 0 Å². The Morgan fingerprint density at radius 2 is 2.30 bits per heavy atom. The maximum Gasteiger partial charge on any atom is 0.347 e. The first-order valence-corrected chi connectivity index (χ1v) is 6.09. The fourth-order valence-corrected chi connectivity index (χ4v) is 2.22. The zero-order chi connectivity index (χ0) is 14.7. The lowest BCUT2D eigenvalue weighted by Gasteiger charge is -2.21.